The number of hydrogen-bond donors (Lipinski definition) is 1. The average Bonchev–Trinajstić information content (AvgIpc) is 2.98. The van der Waals surface area contributed by atoms with Gasteiger partial charge in [0.2, 0.25) is 5.43 Å². The number of thiophene rings is 1. The summed E-state index contributed by atoms with van der Waals surface area (Å²) in [6.07, 6.45) is 1.72. The van der Waals surface area contributed by atoms with Crippen LogP contribution in [0.15, 0.2) is 40.1 Å². The van der Waals surface area contributed by atoms with Gasteiger partial charge in [-0.3, -0.25) is 14.6 Å². The fraction of sp³-hybridized carbons (Fsp3) is 0.188. The molecule has 0 spiro atoms. The van der Waals surface area contributed by atoms with E-state index < -0.39 is 16.6 Å². The Labute approximate surface area is 126 Å². The third kappa shape index (κ3) is 2.64. The minimum absolute atomic E-state index is 0.132. The Balaban J connectivity index is 0.000000774. The number of hydrogen-bond acceptors (Lipinski definition) is 5. The van der Waals surface area contributed by atoms with E-state index in [0.29, 0.717) is 4.88 Å². The Morgan fingerprint density at radius 1 is 1.05 bits per heavy atom. The van der Waals surface area contributed by atoms with Gasteiger partial charge in [-0.15, -0.1) is 11.3 Å². The molecule has 0 bridgehead atoms. The highest BCUT2D eigenvalue weighted by molar-refractivity contribution is 7.18. The lowest BCUT2D eigenvalue weighted by Gasteiger charge is -2.02. The molecule has 0 aliphatic heterocycles. The predicted molar refractivity (Wildman–Crippen MR) is 85.6 cm³/mol. The molecule has 2 heterocycles. The number of pyridine rings is 1. The van der Waals surface area contributed by atoms with Crippen LogP contribution in [0.1, 0.15) is 19.5 Å². The van der Waals surface area contributed by atoms with Gasteiger partial charge in [0.15, 0.2) is 5.75 Å². The zero-order valence-corrected chi connectivity index (χ0v) is 12.8. The van der Waals surface area contributed by atoms with Gasteiger partial charge in [0.1, 0.15) is 0 Å². The Hall–Kier alpha value is -2.27. The van der Waals surface area contributed by atoms with Crippen molar-refractivity contribution in [3.63, 3.8) is 0 Å². The Bertz CT molecular complexity index is 841. The van der Waals surface area contributed by atoms with Crippen LogP contribution >= 0.6 is 11.3 Å². The van der Waals surface area contributed by atoms with Crippen LogP contribution in [0, 0.1) is 6.92 Å². The van der Waals surface area contributed by atoms with E-state index in [2.05, 4.69) is 4.98 Å². The first-order chi connectivity index (χ1) is 10.1. The first kappa shape index (κ1) is 15.1. The van der Waals surface area contributed by atoms with Gasteiger partial charge >= 0.3 is 0 Å². The molecule has 0 fully saturated rings. The highest BCUT2D eigenvalue weighted by Crippen LogP contribution is 2.36. The van der Waals surface area contributed by atoms with Crippen molar-refractivity contribution in [1.29, 1.82) is 0 Å². The Morgan fingerprint density at radius 3 is 2.33 bits per heavy atom. The van der Waals surface area contributed by atoms with Gasteiger partial charge in [0.25, 0.3) is 5.43 Å². The number of nitrogens with zero attached hydrogens (tertiary/aromatic N) is 1. The maximum atomic E-state index is 11.4. The summed E-state index contributed by atoms with van der Waals surface area (Å²) in [5.74, 6) is -0.427. The molecule has 3 aromatic rings. The molecule has 1 N–H and O–H groups in total. The molecule has 108 valence electrons. The molecule has 0 radical (unpaired) electrons. The molecular weight excluding hydrogens is 286 g/mol. The summed E-state index contributed by atoms with van der Waals surface area (Å²) >= 11 is 1.37. The summed E-state index contributed by atoms with van der Waals surface area (Å²) in [6, 6.07) is 7.43. The normalized spacial score (nSPS) is 10.2. The van der Waals surface area contributed by atoms with Gasteiger partial charge in [-0.2, -0.15) is 0 Å². The first-order valence-corrected chi connectivity index (χ1v) is 7.45. The quantitative estimate of drug-likeness (QED) is 0.738. The molecule has 0 unspecified atom stereocenters. The largest absolute Gasteiger partial charge is 0.503 e. The van der Waals surface area contributed by atoms with Crippen LogP contribution in [-0.2, 0) is 0 Å². The van der Waals surface area contributed by atoms with Gasteiger partial charge in [0.05, 0.1) is 5.56 Å². The standard InChI is InChI=1S/C14H9NO3S.C2H6/c1-7-6-8(4-5-15-7)9-2-3-10(19-9)11-12(16)14(18)13(11)17;1-2/h2-6,16H,1H3;1-2H3. The molecule has 0 aliphatic rings. The van der Waals surface area contributed by atoms with Crippen LogP contribution < -0.4 is 10.9 Å². The minimum Gasteiger partial charge on any atom is -0.503 e. The summed E-state index contributed by atoms with van der Waals surface area (Å²) in [6.45, 7) is 5.90. The van der Waals surface area contributed by atoms with Crippen molar-refractivity contribution in [1.82, 2.24) is 4.98 Å². The van der Waals surface area contributed by atoms with Crippen LogP contribution in [0.3, 0.4) is 0 Å². The van der Waals surface area contributed by atoms with Crippen molar-refractivity contribution in [3.05, 3.63) is 56.6 Å². The number of rotatable bonds is 2. The average molecular weight is 301 g/mol. The van der Waals surface area contributed by atoms with Crippen LogP contribution in [0.25, 0.3) is 20.9 Å². The summed E-state index contributed by atoms with van der Waals surface area (Å²) in [7, 11) is 0. The zero-order valence-electron chi connectivity index (χ0n) is 12.0. The fourth-order valence-corrected chi connectivity index (χ4v) is 2.98. The molecule has 21 heavy (non-hydrogen) atoms. The lowest BCUT2D eigenvalue weighted by Crippen LogP contribution is -2.31. The summed E-state index contributed by atoms with van der Waals surface area (Å²) in [5.41, 5.74) is 0.625. The molecule has 0 saturated carbocycles. The van der Waals surface area contributed by atoms with Crippen molar-refractivity contribution >= 4 is 11.3 Å². The zero-order chi connectivity index (χ0) is 15.6. The van der Waals surface area contributed by atoms with E-state index in [0.717, 1.165) is 16.1 Å². The maximum absolute atomic E-state index is 11.4. The van der Waals surface area contributed by atoms with Gasteiger partial charge in [-0.25, -0.2) is 0 Å². The highest BCUT2D eigenvalue weighted by Gasteiger charge is 2.22. The molecule has 0 atom stereocenters. The Kier molecular flexibility index (Phi) is 4.33. The monoisotopic (exact) mass is 301 g/mol. The van der Waals surface area contributed by atoms with Crippen molar-refractivity contribution < 1.29 is 5.11 Å². The number of aromatic nitrogens is 1. The second kappa shape index (κ2) is 6.01. The van der Waals surface area contributed by atoms with Crippen LogP contribution in [-0.4, -0.2) is 10.1 Å². The second-order valence-electron chi connectivity index (χ2n) is 4.23. The molecular formula is C16H15NO3S. The predicted octanol–water partition coefficient (Wildman–Crippen LogP) is 3.11. The van der Waals surface area contributed by atoms with Gasteiger partial charge in [0, 0.05) is 21.6 Å². The van der Waals surface area contributed by atoms with E-state index in [9.17, 15) is 14.7 Å². The molecule has 5 heteroatoms. The molecule has 1 aromatic carbocycles. The van der Waals surface area contributed by atoms with Gasteiger partial charge < -0.3 is 5.11 Å². The molecule has 0 amide bonds. The van der Waals surface area contributed by atoms with E-state index in [-0.39, 0.29) is 5.56 Å². The number of aromatic hydroxyl groups is 1. The summed E-state index contributed by atoms with van der Waals surface area (Å²) < 4.78 is 0. The SMILES string of the molecule is CC.Cc1cc(-c2ccc(-c3c(O)c(=O)c3=O)s2)ccn1. The maximum Gasteiger partial charge on any atom is 0.268 e. The van der Waals surface area contributed by atoms with Gasteiger partial charge in [-0.1, -0.05) is 13.8 Å². The molecule has 2 aromatic heterocycles. The van der Waals surface area contributed by atoms with E-state index in [1.807, 2.05) is 39.0 Å². The lowest BCUT2D eigenvalue weighted by molar-refractivity contribution is 0.466. The van der Waals surface area contributed by atoms with Gasteiger partial charge in [-0.05, 0) is 36.8 Å². The van der Waals surface area contributed by atoms with E-state index in [1.165, 1.54) is 11.3 Å². The minimum atomic E-state index is -0.801. The third-order valence-corrected chi connectivity index (χ3v) is 4.07. The van der Waals surface area contributed by atoms with Crippen LogP contribution in [0.5, 0.6) is 5.75 Å². The third-order valence-electron chi connectivity index (χ3n) is 2.92. The van der Waals surface area contributed by atoms with Crippen molar-refractivity contribution in [3.8, 4) is 26.6 Å². The Morgan fingerprint density at radius 2 is 1.71 bits per heavy atom. The molecule has 0 aliphatic carbocycles. The smallest absolute Gasteiger partial charge is 0.268 e. The second-order valence-corrected chi connectivity index (χ2v) is 5.32. The molecule has 4 nitrogen and oxygen atoms in total. The van der Waals surface area contributed by atoms with Crippen molar-refractivity contribution in [2.45, 2.75) is 20.8 Å². The van der Waals surface area contributed by atoms with E-state index in [1.54, 1.807) is 12.3 Å². The summed E-state index contributed by atoms with van der Waals surface area (Å²) in [5, 5.41) is 9.43. The molecule has 0 saturated heterocycles. The lowest BCUT2D eigenvalue weighted by atomic mass is 10.1. The van der Waals surface area contributed by atoms with Crippen LogP contribution in [0.4, 0.5) is 0 Å². The van der Waals surface area contributed by atoms with Crippen LogP contribution in [0.2, 0.25) is 0 Å². The van der Waals surface area contributed by atoms with E-state index in [4.69, 9.17) is 0 Å². The first-order valence-electron chi connectivity index (χ1n) is 6.63. The summed E-state index contributed by atoms with van der Waals surface area (Å²) in [4.78, 5) is 28.1. The topological polar surface area (TPSA) is 67.3 Å². The van der Waals surface area contributed by atoms with Crippen molar-refractivity contribution in [2.24, 2.45) is 0 Å². The highest BCUT2D eigenvalue weighted by atomic mass is 32.1. The fourth-order valence-electron chi connectivity index (χ4n) is 1.93. The number of aryl methyl sites for hydroxylation is 1. The van der Waals surface area contributed by atoms with Crippen molar-refractivity contribution in [2.75, 3.05) is 0 Å². The molecule has 3 rings (SSSR count). The van der Waals surface area contributed by atoms with E-state index >= 15 is 0 Å².